The lowest BCUT2D eigenvalue weighted by Crippen LogP contribution is -2.12. The second-order valence-electron chi connectivity index (χ2n) is 7.36. The van der Waals surface area contributed by atoms with Crippen molar-refractivity contribution in [2.45, 2.75) is 23.8 Å². The Morgan fingerprint density at radius 2 is 1.88 bits per heavy atom. The number of rotatable bonds is 5. The van der Waals surface area contributed by atoms with E-state index in [4.69, 9.17) is 23.2 Å². The molecule has 0 radical (unpaired) electrons. The lowest BCUT2D eigenvalue weighted by atomic mass is 10.2. The van der Waals surface area contributed by atoms with Crippen LogP contribution in [0.2, 0.25) is 10.0 Å². The standard InChI is InChI=1S/C24H16Cl2N4OS3/c1-12-13(2)33-22-20(12)23(28-11-27-22)34-19-6-4-3-5-15(19)21(31)30-24-29-18(10-32-24)14-7-8-16(25)17(26)9-14/h3-11H,1-2H3,(H,29,30,31). The zero-order valence-corrected chi connectivity index (χ0v) is 21.9. The Kier molecular flexibility index (Phi) is 6.59. The zero-order valence-electron chi connectivity index (χ0n) is 17.9. The predicted octanol–water partition coefficient (Wildman–Crippen LogP) is 8.14. The second kappa shape index (κ2) is 9.64. The van der Waals surface area contributed by atoms with Gasteiger partial charge < -0.3 is 0 Å². The molecule has 1 N–H and O–H groups in total. The van der Waals surface area contributed by atoms with Gasteiger partial charge in [0.15, 0.2) is 5.13 Å². The number of nitrogens with one attached hydrogen (secondary N) is 1. The normalized spacial score (nSPS) is 11.2. The summed E-state index contributed by atoms with van der Waals surface area (Å²) < 4.78 is 0. The molecule has 170 valence electrons. The van der Waals surface area contributed by atoms with E-state index in [9.17, 15) is 4.79 Å². The quantitative estimate of drug-likeness (QED) is 0.227. The summed E-state index contributed by atoms with van der Waals surface area (Å²) in [5, 5.41) is 8.10. The molecule has 5 rings (SSSR count). The Morgan fingerprint density at radius 1 is 1.06 bits per heavy atom. The molecule has 0 saturated heterocycles. The Labute approximate surface area is 218 Å². The first-order valence-corrected chi connectivity index (χ1v) is 13.4. The molecule has 1 amide bonds. The van der Waals surface area contributed by atoms with Gasteiger partial charge in [-0.15, -0.1) is 22.7 Å². The number of carbonyl (C=O) groups excluding carboxylic acids is 1. The fraction of sp³-hybridized carbons (Fsp3) is 0.0833. The number of fused-ring (bicyclic) bond motifs is 1. The molecule has 0 aliphatic carbocycles. The van der Waals surface area contributed by atoms with Gasteiger partial charge in [-0.2, -0.15) is 0 Å². The van der Waals surface area contributed by atoms with Crippen LogP contribution in [-0.2, 0) is 0 Å². The van der Waals surface area contributed by atoms with Crippen molar-refractivity contribution >= 4 is 78.9 Å². The van der Waals surface area contributed by atoms with Gasteiger partial charge in [-0.1, -0.05) is 53.2 Å². The lowest BCUT2D eigenvalue weighted by molar-refractivity contribution is 0.102. The Morgan fingerprint density at radius 3 is 2.71 bits per heavy atom. The molecule has 0 bridgehead atoms. The van der Waals surface area contributed by atoms with Crippen LogP contribution in [0.3, 0.4) is 0 Å². The molecule has 3 heterocycles. The summed E-state index contributed by atoms with van der Waals surface area (Å²) in [6.45, 7) is 4.16. The summed E-state index contributed by atoms with van der Waals surface area (Å²) >= 11 is 16.6. The molecule has 0 aliphatic heterocycles. The second-order valence-corrected chi connectivity index (χ2v) is 11.3. The third-order valence-electron chi connectivity index (χ3n) is 5.21. The number of thiophene rings is 1. The van der Waals surface area contributed by atoms with Gasteiger partial charge in [0.25, 0.3) is 5.91 Å². The Hall–Kier alpha value is -2.49. The molecule has 0 atom stereocenters. The third-order valence-corrected chi connectivity index (χ3v) is 8.90. The minimum Gasteiger partial charge on any atom is -0.298 e. The fourth-order valence-electron chi connectivity index (χ4n) is 3.36. The van der Waals surface area contributed by atoms with Crippen molar-refractivity contribution < 1.29 is 4.79 Å². The molecule has 34 heavy (non-hydrogen) atoms. The molecule has 0 aliphatic rings. The first kappa shape index (κ1) is 23.3. The monoisotopic (exact) mass is 542 g/mol. The number of nitrogens with zero attached hydrogens (tertiary/aromatic N) is 3. The van der Waals surface area contributed by atoms with Crippen molar-refractivity contribution in [3.63, 3.8) is 0 Å². The van der Waals surface area contributed by atoms with Crippen molar-refractivity contribution in [1.29, 1.82) is 0 Å². The molecule has 0 unspecified atom stereocenters. The third kappa shape index (κ3) is 4.56. The number of aryl methyl sites for hydroxylation is 2. The van der Waals surface area contributed by atoms with Crippen molar-refractivity contribution in [2.24, 2.45) is 0 Å². The molecule has 2 aromatic carbocycles. The summed E-state index contributed by atoms with van der Waals surface area (Å²) in [6.07, 6.45) is 1.57. The minimum absolute atomic E-state index is 0.235. The average Bonchev–Trinajstić information content (AvgIpc) is 3.40. The van der Waals surface area contributed by atoms with Gasteiger partial charge in [0.1, 0.15) is 16.2 Å². The van der Waals surface area contributed by atoms with Crippen molar-refractivity contribution in [2.75, 3.05) is 5.32 Å². The fourth-order valence-corrected chi connectivity index (χ4v) is 6.51. The van der Waals surface area contributed by atoms with E-state index in [0.29, 0.717) is 26.4 Å². The highest BCUT2D eigenvalue weighted by Gasteiger charge is 2.18. The molecule has 3 aromatic heterocycles. The van der Waals surface area contributed by atoms with Crippen LogP contribution in [0.25, 0.3) is 21.5 Å². The number of aromatic nitrogens is 3. The average molecular weight is 544 g/mol. The van der Waals surface area contributed by atoms with E-state index in [-0.39, 0.29) is 5.91 Å². The van der Waals surface area contributed by atoms with E-state index in [0.717, 1.165) is 25.7 Å². The maximum atomic E-state index is 13.2. The van der Waals surface area contributed by atoms with E-state index in [1.165, 1.54) is 33.5 Å². The highest BCUT2D eigenvalue weighted by Crippen LogP contribution is 2.38. The van der Waals surface area contributed by atoms with Gasteiger partial charge in [-0.05, 0) is 43.7 Å². The topological polar surface area (TPSA) is 67.8 Å². The lowest BCUT2D eigenvalue weighted by Gasteiger charge is -2.09. The summed E-state index contributed by atoms with van der Waals surface area (Å²) in [4.78, 5) is 29.6. The number of benzene rings is 2. The van der Waals surface area contributed by atoms with E-state index < -0.39 is 0 Å². The van der Waals surface area contributed by atoms with Crippen molar-refractivity contribution in [3.8, 4) is 11.3 Å². The van der Waals surface area contributed by atoms with Gasteiger partial charge in [0.05, 0.1) is 21.3 Å². The van der Waals surface area contributed by atoms with Crippen LogP contribution in [0, 0.1) is 13.8 Å². The molecule has 0 fully saturated rings. The number of carbonyl (C=O) groups is 1. The number of halogens is 2. The van der Waals surface area contributed by atoms with E-state index in [1.54, 1.807) is 35.9 Å². The Bertz CT molecular complexity index is 1550. The Balaban J connectivity index is 1.41. The number of hydrogen-bond acceptors (Lipinski definition) is 7. The summed E-state index contributed by atoms with van der Waals surface area (Å²) in [6, 6.07) is 12.8. The summed E-state index contributed by atoms with van der Waals surface area (Å²) in [5.41, 5.74) is 3.27. The molecule has 0 spiro atoms. The van der Waals surface area contributed by atoms with E-state index in [2.05, 4.69) is 34.1 Å². The van der Waals surface area contributed by atoms with Crippen molar-refractivity contribution in [1.82, 2.24) is 15.0 Å². The van der Waals surface area contributed by atoms with Crippen molar-refractivity contribution in [3.05, 3.63) is 80.2 Å². The molecule has 5 aromatic rings. The molecule has 10 heteroatoms. The van der Waals surface area contributed by atoms with Gasteiger partial charge in [0.2, 0.25) is 0 Å². The summed E-state index contributed by atoms with van der Waals surface area (Å²) in [5.74, 6) is -0.235. The van der Waals surface area contributed by atoms with Crippen LogP contribution in [0.15, 0.2) is 64.1 Å². The number of amides is 1. The number of hydrogen-bond donors (Lipinski definition) is 1. The van der Waals surface area contributed by atoms with Gasteiger partial charge >= 0.3 is 0 Å². The van der Waals surface area contributed by atoms with Crippen LogP contribution in [0.5, 0.6) is 0 Å². The van der Waals surface area contributed by atoms with Gasteiger partial charge in [0, 0.05) is 26.1 Å². The number of thiazole rings is 1. The molecule has 0 saturated carbocycles. The zero-order chi connectivity index (χ0) is 23.8. The van der Waals surface area contributed by atoms with Crippen LogP contribution < -0.4 is 5.32 Å². The molecule has 5 nitrogen and oxygen atoms in total. The maximum absolute atomic E-state index is 13.2. The highest BCUT2D eigenvalue weighted by atomic mass is 35.5. The van der Waals surface area contributed by atoms with E-state index in [1.807, 2.05) is 29.6 Å². The van der Waals surface area contributed by atoms with Crippen LogP contribution in [0.4, 0.5) is 5.13 Å². The number of anilines is 1. The largest absolute Gasteiger partial charge is 0.298 e. The first-order chi connectivity index (χ1) is 16.4. The van der Waals surface area contributed by atoms with Crippen LogP contribution in [-0.4, -0.2) is 20.9 Å². The summed E-state index contributed by atoms with van der Waals surface area (Å²) in [7, 11) is 0. The van der Waals surface area contributed by atoms with E-state index >= 15 is 0 Å². The van der Waals surface area contributed by atoms with Gasteiger partial charge in [-0.25, -0.2) is 15.0 Å². The van der Waals surface area contributed by atoms with Crippen LogP contribution in [0.1, 0.15) is 20.8 Å². The maximum Gasteiger partial charge on any atom is 0.258 e. The predicted molar refractivity (Wildman–Crippen MR) is 143 cm³/mol. The van der Waals surface area contributed by atoms with Gasteiger partial charge in [-0.3, -0.25) is 10.1 Å². The molecular weight excluding hydrogens is 527 g/mol. The smallest absolute Gasteiger partial charge is 0.258 e. The highest BCUT2D eigenvalue weighted by molar-refractivity contribution is 7.99. The first-order valence-electron chi connectivity index (χ1n) is 10.1. The SMILES string of the molecule is Cc1sc2ncnc(Sc3ccccc3C(=O)Nc3nc(-c4ccc(Cl)c(Cl)c4)cs3)c2c1C. The molecular formula is C24H16Cl2N4OS3. The van der Waals surface area contributed by atoms with Crippen LogP contribution >= 0.6 is 57.6 Å². The minimum atomic E-state index is -0.235.